The third kappa shape index (κ3) is 2.42. The molecule has 0 bridgehead atoms. The Labute approximate surface area is 159 Å². The Morgan fingerprint density at radius 2 is 1.75 bits per heavy atom. The van der Waals surface area contributed by atoms with Gasteiger partial charge in [-0.15, -0.1) is 0 Å². The molecule has 2 aromatic carbocycles. The highest BCUT2D eigenvalue weighted by molar-refractivity contribution is 5.99. The molecular weight excluding hydrogens is 358 g/mol. The molecule has 1 unspecified atom stereocenters. The molecule has 1 aliphatic rings. The first-order valence-corrected chi connectivity index (χ1v) is 8.81. The minimum absolute atomic E-state index is 0.0494. The predicted molar refractivity (Wildman–Crippen MR) is 101 cm³/mol. The van der Waals surface area contributed by atoms with E-state index in [1.54, 1.807) is 53.4 Å². The molecule has 2 aromatic heterocycles. The molecule has 1 atom stereocenters. The Balaban J connectivity index is 1.75. The van der Waals surface area contributed by atoms with Crippen LogP contribution in [0, 0.1) is 0 Å². The fraction of sp³-hybridized carbons (Fsp3) is 0.0909. The van der Waals surface area contributed by atoms with Crippen LogP contribution in [0.15, 0.2) is 80.6 Å². The number of furan rings is 1. The van der Waals surface area contributed by atoms with Crippen molar-refractivity contribution in [1.29, 1.82) is 0 Å². The quantitative estimate of drug-likeness (QED) is 0.590. The lowest BCUT2D eigenvalue weighted by Crippen LogP contribution is -2.29. The average Bonchev–Trinajstić information content (AvgIpc) is 3.31. The summed E-state index contributed by atoms with van der Waals surface area (Å²) >= 11 is 0. The Hall–Kier alpha value is -3.80. The van der Waals surface area contributed by atoms with Gasteiger partial charge in [-0.1, -0.05) is 24.3 Å². The molecule has 0 aliphatic carbocycles. The van der Waals surface area contributed by atoms with Gasteiger partial charge in [0, 0.05) is 0 Å². The third-order valence-corrected chi connectivity index (χ3v) is 4.99. The van der Waals surface area contributed by atoms with Gasteiger partial charge in [-0.2, -0.15) is 0 Å². The zero-order valence-corrected chi connectivity index (χ0v) is 14.7. The van der Waals surface area contributed by atoms with Crippen LogP contribution < -0.4 is 5.43 Å². The second-order valence-corrected chi connectivity index (χ2v) is 6.68. The molecule has 3 heterocycles. The van der Waals surface area contributed by atoms with E-state index < -0.39 is 6.04 Å². The van der Waals surface area contributed by atoms with Gasteiger partial charge in [0.25, 0.3) is 5.91 Å². The highest BCUT2D eigenvalue weighted by atomic mass is 16.4. The van der Waals surface area contributed by atoms with E-state index in [1.807, 2.05) is 0 Å². The van der Waals surface area contributed by atoms with E-state index in [0.717, 1.165) is 0 Å². The zero-order chi connectivity index (χ0) is 19.3. The number of amides is 1. The lowest BCUT2D eigenvalue weighted by atomic mass is 9.98. The number of benzene rings is 2. The molecule has 1 N–H and O–H groups in total. The van der Waals surface area contributed by atoms with Gasteiger partial charge in [0.05, 0.1) is 29.8 Å². The van der Waals surface area contributed by atoms with Crippen molar-refractivity contribution in [1.82, 2.24) is 4.90 Å². The van der Waals surface area contributed by atoms with Gasteiger partial charge in [-0.05, 0) is 42.0 Å². The van der Waals surface area contributed by atoms with Crippen LogP contribution in [0.5, 0.6) is 5.75 Å². The van der Waals surface area contributed by atoms with Crippen molar-refractivity contribution in [3.05, 3.63) is 99.8 Å². The minimum Gasteiger partial charge on any atom is -0.508 e. The number of hydrogen-bond acceptors (Lipinski definition) is 5. The monoisotopic (exact) mass is 373 g/mol. The van der Waals surface area contributed by atoms with Crippen molar-refractivity contribution >= 4 is 16.9 Å². The van der Waals surface area contributed by atoms with Crippen molar-refractivity contribution in [2.75, 3.05) is 0 Å². The van der Waals surface area contributed by atoms with Crippen molar-refractivity contribution < 1.29 is 18.7 Å². The Bertz CT molecular complexity index is 1240. The molecular formula is C22H15NO5. The van der Waals surface area contributed by atoms with Crippen LogP contribution in [0.1, 0.15) is 33.5 Å². The van der Waals surface area contributed by atoms with Gasteiger partial charge < -0.3 is 18.8 Å². The maximum Gasteiger partial charge on any atom is 0.291 e. The predicted octanol–water partition coefficient (Wildman–Crippen LogP) is 3.84. The first-order chi connectivity index (χ1) is 13.6. The summed E-state index contributed by atoms with van der Waals surface area (Å²) in [5, 5.41) is 10.1. The van der Waals surface area contributed by atoms with Gasteiger partial charge in [-0.3, -0.25) is 9.59 Å². The highest BCUT2D eigenvalue weighted by Crippen LogP contribution is 2.39. The normalized spacial score (nSPS) is 15.9. The van der Waals surface area contributed by atoms with E-state index in [-0.39, 0.29) is 29.4 Å². The smallest absolute Gasteiger partial charge is 0.291 e. The Kier molecular flexibility index (Phi) is 3.58. The van der Waals surface area contributed by atoms with Crippen LogP contribution in [-0.4, -0.2) is 15.9 Å². The van der Waals surface area contributed by atoms with E-state index in [2.05, 4.69) is 0 Å². The number of aromatic hydroxyl groups is 1. The van der Waals surface area contributed by atoms with E-state index in [1.165, 1.54) is 18.4 Å². The second kappa shape index (κ2) is 6.13. The fourth-order valence-electron chi connectivity index (χ4n) is 3.70. The molecule has 28 heavy (non-hydrogen) atoms. The van der Waals surface area contributed by atoms with Crippen LogP contribution in [0.2, 0.25) is 0 Å². The number of nitrogens with zero attached hydrogens (tertiary/aromatic N) is 1. The Morgan fingerprint density at radius 3 is 2.50 bits per heavy atom. The first-order valence-electron chi connectivity index (χ1n) is 8.81. The number of phenolic OH excluding ortho intramolecular Hbond substituents is 1. The largest absolute Gasteiger partial charge is 0.508 e. The molecule has 4 aromatic rings. The molecule has 1 amide bonds. The van der Waals surface area contributed by atoms with Crippen LogP contribution in [0.25, 0.3) is 11.0 Å². The number of fused-ring (bicyclic) bond motifs is 2. The van der Waals surface area contributed by atoms with Gasteiger partial charge >= 0.3 is 0 Å². The summed E-state index contributed by atoms with van der Waals surface area (Å²) < 4.78 is 11.3. The molecule has 138 valence electrons. The van der Waals surface area contributed by atoms with Crippen LogP contribution in [0.3, 0.4) is 0 Å². The number of carbonyl (C=O) groups excluding carboxylic acids is 1. The number of para-hydroxylation sites is 1. The van der Waals surface area contributed by atoms with Crippen molar-refractivity contribution in [3.63, 3.8) is 0 Å². The van der Waals surface area contributed by atoms with Gasteiger partial charge in [0.1, 0.15) is 17.1 Å². The number of hydrogen-bond donors (Lipinski definition) is 1. The SMILES string of the molecule is O=C1c2oc3ccccc3c(=O)c2C(c2ccc(O)cc2)N1Cc1ccco1. The maximum absolute atomic E-state index is 13.3. The van der Waals surface area contributed by atoms with Crippen LogP contribution in [0.4, 0.5) is 0 Å². The number of carbonyl (C=O) groups is 1. The summed E-state index contributed by atoms with van der Waals surface area (Å²) in [7, 11) is 0. The summed E-state index contributed by atoms with van der Waals surface area (Å²) in [6.07, 6.45) is 1.54. The topological polar surface area (TPSA) is 83.9 Å². The molecule has 1 aliphatic heterocycles. The van der Waals surface area contributed by atoms with Gasteiger partial charge in [0.2, 0.25) is 5.76 Å². The minimum atomic E-state index is -0.631. The molecule has 0 saturated carbocycles. The average molecular weight is 373 g/mol. The summed E-state index contributed by atoms with van der Waals surface area (Å²) in [5.41, 5.74) is 1.16. The molecule has 0 saturated heterocycles. The van der Waals surface area contributed by atoms with E-state index in [0.29, 0.717) is 27.9 Å². The molecule has 0 spiro atoms. The lowest BCUT2D eigenvalue weighted by molar-refractivity contribution is 0.0701. The maximum atomic E-state index is 13.3. The first kappa shape index (κ1) is 16.4. The summed E-state index contributed by atoms with van der Waals surface area (Å²) in [5.74, 6) is 0.388. The van der Waals surface area contributed by atoms with Crippen LogP contribution in [-0.2, 0) is 6.54 Å². The summed E-state index contributed by atoms with van der Waals surface area (Å²) in [6.45, 7) is 0.192. The second-order valence-electron chi connectivity index (χ2n) is 6.68. The Morgan fingerprint density at radius 1 is 0.964 bits per heavy atom. The molecule has 0 radical (unpaired) electrons. The zero-order valence-electron chi connectivity index (χ0n) is 14.7. The molecule has 6 heteroatoms. The summed E-state index contributed by atoms with van der Waals surface area (Å²) in [6, 6.07) is 16.2. The van der Waals surface area contributed by atoms with E-state index >= 15 is 0 Å². The number of phenols is 1. The lowest BCUT2D eigenvalue weighted by Gasteiger charge is -2.24. The van der Waals surface area contributed by atoms with Gasteiger partial charge in [-0.25, -0.2) is 0 Å². The molecule has 5 rings (SSSR count). The van der Waals surface area contributed by atoms with Crippen molar-refractivity contribution in [3.8, 4) is 5.75 Å². The third-order valence-electron chi connectivity index (χ3n) is 4.99. The fourth-order valence-corrected chi connectivity index (χ4v) is 3.70. The number of rotatable bonds is 3. The standard InChI is InChI=1S/C22H15NO5/c24-14-9-7-13(8-10-14)19-18-20(25)16-5-1-2-6-17(16)28-21(18)22(26)23(19)12-15-4-3-11-27-15/h1-11,19,24H,12H2. The van der Waals surface area contributed by atoms with Crippen LogP contribution >= 0.6 is 0 Å². The van der Waals surface area contributed by atoms with Crippen molar-refractivity contribution in [2.24, 2.45) is 0 Å². The van der Waals surface area contributed by atoms with E-state index in [4.69, 9.17) is 8.83 Å². The molecule has 6 nitrogen and oxygen atoms in total. The molecule has 0 fully saturated rings. The summed E-state index contributed by atoms with van der Waals surface area (Å²) in [4.78, 5) is 28.0. The van der Waals surface area contributed by atoms with Gasteiger partial charge in [0.15, 0.2) is 5.43 Å². The van der Waals surface area contributed by atoms with Crippen molar-refractivity contribution in [2.45, 2.75) is 12.6 Å². The highest BCUT2D eigenvalue weighted by Gasteiger charge is 2.43. The van der Waals surface area contributed by atoms with E-state index in [9.17, 15) is 14.7 Å².